The van der Waals surface area contributed by atoms with Crippen LogP contribution in [0.1, 0.15) is 53.6 Å². The molecule has 3 nitrogen and oxygen atoms in total. The molecule has 2 atom stereocenters. The molecule has 22 heavy (non-hydrogen) atoms. The quantitative estimate of drug-likeness (QED) is 0.877. The smallest absolute Gasteiger partial charge is 0.251 e. The summed E-state index contributed by atoms with van der Waals surface area (Å²) in [4.78, 5) is 12.6. The number of hydrogen-bond acceptors (Lipinski definition) is 2. The van der Waals surface area contributed by atoms with Crippen molar-refractivity contribution in [3.05, 3.63) is 34.9 Å². The maximum absolute atomic E-state index is 12.6. The lowest BCUT2D eigenvalue weighted by Crippen LogP contribution is -2.53. The summed E-state index contributed by atoms with van der Waals surface area (Å²) in [5.74, 6) is 1.23. The number of nitrogens with two attached hydrogens (primary N) is 1. The van der Waals surface area contributed by atoms with Crippen molar-refractivity contribution in [3.63, 3.8) is 0 Å². The van der Waals surface area contributed by atoms with Gasteiger partial charge in [-0.1, -0.05) is 23.6 Å². The van der Waals surface area contributed by atoms with E-state index in [0.29, 0.717) is 23.9 Å². The molecule has 2 aliphatic rings. The highest BCUT2D eigenvalue weighted by Gasteiger charge is 2.39. The number of nitrogens with one attached hydrogen (secondary N) is 1. The third kappa shape index (κ3) is 3.64. The number of hydrogen-bond donors (Lipinski definition) is 2. The molecule has 122 valence electrons. The van der Waals surface area contributed by atoms with E-state index in [4.69, 9.17) is 5.73 Å². The summed E-state index contributed by atoms with van der Waals surface area (Å²) in [6, 6.07) is 6.71. The summed E-state index contributed by atoms with van der Waals surface area (Å²) in [6.07, 6.45) is 5.84. The second-order valence-corrected chi connectivity index (χ2v) is 7.06. The molecular weight excluding hydrogens is 296 g/mol. The molecule has 2 unspecified atom stereocenters. The van der Waals surface area contributed by atoms with Crippen LogP contribution in [0.15, 0.2) is 18.2 Å². The van der Waals surface area contributed by atoms with E-state index in [2.05, 4.69) is 11.4 Å². The predicted octanol–water partition coefficient (Wildman–Crippen LogP) is 3.36. The van der Waals surface area contributed by atoms with Gasteiger partial charge in [0, 0.05) is 17.6 Å². The minimum atomic E-state index is 0. The number of amides is 1. The first kappa shape index (κ1) is 17.3. The number of rotatable bonds is 2. The highest BCUT2D eigenvalue weighted by Crippen LogP contribution is 2.39. The Bertz CT molecular complexity index is 512. The van der Waals surface area contributed by atoms with E-state index < -0.39 is 0 Å². The van der Waals surface area contributed by atoms with Gasteiger partial charge in [0.2, 0.25) is 0 Å². The van der Waals surface area contributed by atoms with Gasteiger partial charge in [-0.2, -0.15) is 0 Å². The van der Waals surface area contributed by atoms with Gasteiger partial charge in [-0.25, -0.2) is 0 Å². The zero-order valence-electron chi connectivity index (χ0n) is 13.5. The van der Waals surface area contributed by atoms with Crippen LogP contribution in [0, 0.1) is 25.7 Å². The Morgan fingerprint density at radius 1 is 1.09 bits per heavy atom. The van der Waals surface area contributed by atoms with Gasteiger partial charge >= 0.3 is 0 Å². The summed E-state index contributed by atoms with van der Waals surface area (Å²) in [5.41, 5.74) is 9.24. The topological polar surface area (TPSA) is 55.1 Å². The Hall–Kier alpha value is -1.06. The molecule has 0 heterocycles. The van der Waals surface area contributed by atoms with E-state index in [0.717, 1.165) is 29.5 Å². The Morgan fingerprint density at radius 3 is 2.18 bits per heavy atom. The number of halogens is 1. The second-order valence-electron chi connectivity index (χ2n) is 7.06. The van der Waals surface area contributed by atoms with Gasteiger partial charge in [-0.15, -0.1) is 12.4 Å². The van der Waals surface area contributed by atoms with E-state index in [1.54, 1.807) is 0 Å². The van der Waals surface area contributed by atoms with Crippen molar-refractivity contribution < 1.29 is 4.79 Å². The molecule has 1 aromatic rings. The molecule has 2 bridgehead atoms. The lowest BCUT2D eigenvalue weighted by Gasteiger charge is -2.45. The minimum absolute atomic E-state index is 0. The molecule has 0 aromatic heterocycles. The molecule has 1 aromatic carbocycles. The van der Waals surface area contributed by atoms with Crippen LogP contribution in [-0.2, 0) is 0 Å². The average Bonchev–Trinajstić information content (AvgIpc) is 2.38. The molecule has 0 aliphatic heterocycles. The lowest BCUT2D eigenvalue weighted by molar-refractivity contribution is 0.0756. The van der Waals surface area contributed by atoms with Gasteiger partial charge in [0.25, 0.3) is 5.91 Å². The molecule has 0 radical (unpaired) electrons. The van der Waals surface area contributed by atoms with Crippen LogP contribution in [0.3, 0.4) is 0 Å². The first-order chi connectivity index (χ1) is 10.0. The van der Waals surface area contributed by atoms with E-state index in [1.165, 1.54) is 19.3 Å². The number of benzene rings is 1. The predicted molar refractivity (Wildman–Crippen MR) is 92.5 cm³/mol. The molecule has 0 saturated heterocycles. The first-order valence-corrected chi connectivity index (χ1v) is 8.17. The molecule has 3 rings (SSSR count). The van der Waals surface area contributed by atoms with E-state index >= 15 is 0 Å². The normalized spacial score (nSPS) is 30.3. The van der Waals surface area contributed by atoms with E-state index in [1.807, 2.05) is 26.0 Å². The molecule has 1 amide bonds. The molecule has 4 heteroatoms. The van der Waals surface area contributed by atoms with Crippen LogP contribution < -0.4 is 11.1 Å². The Balaban J connectivity index is 0.00000176. The van der Waals surface area contributed by atoms with Crippen molar-refractivity contribution in [2.24, 2.45) is 17.6 Å². The number of carbonyl (C=O) groups excluding carboxylic acids is 1. The van der Waals surface area contributed by atoms with Crippen LogP contribution in [0.5, 0.6) is 0 Å². The number of aryl methyl sites for hydroxylation is 2. The van der Waals surface area contributed by atoms with Gasteiger partial charge in [0.05, 0.1) is 0 Å². The van der Waals surface area contributed by atoms with Gasteiger partial charge in [-0.3, -0.25) is 4.79 Å². The highest BCUT2D eigenvalue weighted by molar-refractivity contribution is 5.94. The molecule has 3 N–H and O–H groups in total. The van der Waals surface area contributed by atoms with Gasteiger partial charge in [0.1, 0.15) is 0 Å². The zero-order chi connectivity index (χ0) is 15.0. The summed E-state index contributed by atoms with van der Waals surface area (Å²) < 4.78 is 0. The maximum atomic E-state index is 12.6. The van der Waals surface area contributed by atoms with Crippen molar-refractivity contribution in [1.82, 2.24) is 5.32 Å². The van der Waals surface area contributed by atoms with Crippen LogP contribution >= 0.6 is 12.4 Å². The molecule has 2 fully saturated rings. The van der Waals surface area contributed by atoms with Crippen LogP contribution in [-0.4, -0.2) is 18.0 Å². The maximum Gasteiger partial charge on any atom is 0.251 e. The van der Waals surface area contributed by atoms with Crippen molar-refractivity contribution in [2.45, 2.75) is 58.0 Å². The standard InChI is InChI=1S/C18H26N2O.ClH/c1-11-6-12(2)8-15(7-11)18(21)20-17-13-4-3-5-14(17)10-16(19)9-13;/h6-8,13-14,16-17H,3-5,9-10,19H2,1-2H3,(H,20,21);1H. The van der Waals surface area contributed by atoms with Gasteiger partial charge in [0.15, 0.2) is 0 Å². The SMILES string of the molecule is Cc1cc(C)cc(C(=O)NC2C3CCCC2CC(N)C3)c1.Cl. The second kappa shape index (κ2) is 7.01. The number of fused-ring (bicyclic) bond motifs is 2. The first-order valence-electron chi connectivity index (χ1n) is 8.17. The average molecular weight is 323 g/mol. The van der Waals surface area contributed by atoms with E-state index in [9.17, 15) is 4.79 Å². The van der Waals surface area contributed by atoms with Crippen LogP contribution in [0.25, 0.3) is 0 Å². The van der Waals surface area contributed by atoms with Crippen molar-refractivity contribution in [2.75, 3.05) is 0 Å². The monoisotopic (exact) mass is 322 g/mol. The molecular formula is C18H27ClN2O. The summed E-state index contributed by atoms with van der Waals surface area (Å²) >= 11 is 0. The molecule has 2 saturated carbocycles. The van der Waals surface area contributed by atoms with E-state index in [-0.39, 0.29) is 18.3 Å². The van der Waals surface area contributed by atoms with Crippen molar-refractivity contribution >= 4 is 18.3 Å². The van der Waals surface area contributed by atoms with Crippen LogP contribution in [0.4, 0.5) is 0 Å². The highest BCUT2D eigenvalue weighted by atomic mass is 35.5. The lowest BCUT2D eigenvalue weighted by atomic mass is 9.67. The van der Waals surface area contributed by atoms with Crippen molar-refractivity contribution in [3.8, 4) is 0 Å². The van der Waals surface area contributed by atoms with Gasteiger partial charge < -0.3 is 11.1 Å². The summed E-state index contributed by atoms with van der Waals surface area (Å²) in [7, 11) is 0. The fourth-order valence-corrected chi connectivity index (χ4v) is 4.37. The fourth-order valence-electron chi connectivity index (χ4n) is 4.37. The summed E-state index contributed by atoms with van der Waals surface area (Å²) in [6.45, 7) is 4.08. The Labute approximate surface area is 139 Å². The third-order valence-corrected chi connectivity index (χ3v) is 5.16. The zero-order valence-corrected chi connectivity index (χ0v) is 14.3. The molecule has 2 aliphatic carbocycles. The minimum Gasteiger partial charge on any atom is -0.349 e. The summed E-state index contributed by atoms with van der Waals surface area (Å²) in [5, 5.41) is 3.32. The largest absolute Gasteiger partial charge is 0.349 e. The third-order valence-electron chi connectivity index (χ3n) is 5.16. The Kier molecular flexibility index (Phi) is 5.51. The van der Waals surface area contributed by atoms with Gasteiger partial charge in [-0.05, 0) is 63.5 Å². The van der Waals surface area contributed by atoms with Crippen molar-refractivity contribution in [1.29, 1.82) is 0 Å². The number of carbonyl (C=O) groups is 1. The Morgan fingerprint density at radius 2 is 1.64 bits per heavy atom. The van der Waals surface area contributed by atoms with Crippen LogP contribution in [0.2, 0.25) is 0 Å². The molecule has 0 spiro atoms. The fraction of sp³-hybridized carbons (Fsp3) is 0.611.